The van der Waals surface area contributed by atoms with E-state index in [4.69, 9.17) is 4.42 Å². The Labute approximate surface area is 105 Å². The number of anilines is 1. The van der Waals surface area contributed by atoms with Crippen LogP contribution in [0.2, 0.25) is 0 Å². The van der Waals surface area contributed by atoms with Crippen molar-refractivity contribution in [3.05, 3.63) is 54.1 Å². The Hall–Kier alpha value is -2.22. The van der Waals surface area contributed by atoms with E-state index in [1.54, 1.807) is 0 Å². The van der Waals surface area contributed by atoms with Gasteiger partial charge in [-0.15, -0.1) is 0 Å². The zero-order chi connectivity index (χ0) is 11.9. The lowest BCUT2D eigenvalue weighted by Crippen LogP contribution is -1.90. The largest absolute Gasteiger partial charge is 0.456 e. The van der Waals surface area contributed by atoms with Gasteiger partial charge in [-0.25, -0.2) is 0 Å². The van der Waals surface area contributed by atoms with Crippen molar-refractivity contribution in [1.29, 1.82) is 0 Å². The lowest BCUT2D eigenvalue weighted by atomic mass is 10.1. The molecule has 18 heavy (non-hydrogen) atoms. The molecule has 0 saturated heterocycles. The molecule has 2 aromatic carbocycles. The second kappa shape index (κ2) is 3.64. The highest BCUT2D eigenvalue weighted by Crippen LogP contribution is 2.31. The summed E-state index contributed by atoms with van der Waals surface area (Å²) >= 11 is 0. The highest BCUT2D eigenvalue weighted by atomic mass is 16.3. The number of nitrogens with one attached hydrogen (secondary N) is 1. The van der Waals surface area contributed by atoms with E-state index in [1.165, 1.54) is 11.3 Å². The van der Waals surface area contributed by atoms with Crippen LogP contribution < -0.4 is 5.32 Å². The van der Waals surface area contributed by atoms with E-state index in [-0.39, 0.29) is 0 Å². The molecule has 3 aromatic rings. The monoisotopic (exact) mass is 235 g/mol. The van der Waals surface area contributed by atoms with Crippen LogP contribution in [-0.4, -0.2) is 6.54 Å². The van der Waals surface area contributed by atoms with Crippen LogP contribution in [0.3, 0.4) is 0 Å². The summed E-state index contributed by atoms with van der Waals surface area (Å²) in [5, 5.41) is 4.53. The average Bonchev–Trinajstić information content (AvgIpc) is 3.04. The van der Waals surface area contributed by atoms with Gasteiger partial charge in [0.05, 0.1) is 0 Å². The summed E-state index contributed by atoms with van der Waals surface area (Å²) in [4.78, 5) is 0. The zero-order valence-electron chi connectivity index (χ0n) is 9.94. The molecule has 1 aliphatic heterocycles. The lowest BCUT2D eigenvalue weighted by molar-refractivity contribution is 0.631. The third-order valence-electron chi connectivity index (χ3n) is 3.53. The van der Waals surface area contributed by atoms with E-state index in [1.807, 2.05) is 18.2 Å². The van der Waals surface area contributed by atoms with Crippen molar-refractivity contribution in [3.8, 4) is 11.3 Å². The standard InChI is InChI=1S/C16H13NO/c1-2-4-15-12(3-1)10-16(18-15)13-5-6-14-11(9-13)7-8-17-14/h1-6,9-10,17H,7-8H2. The fourth-order valence-corrected chi connectivity index (χ4v) is 2.58. The van der Waals surface area contributed by atoms with Gasteiger partial charge in [-0.2, -0.15) is 0 Å². The molecule has 0 unspecified atom stereocenters. The molecule has 0 aliphatic carbocycles. The Morgan fingerprint density at radius 1 is 1.00 bits per heavy atom. The quantitative estimate of drug-likeness (QED) is 0.687. The van der Waals surface area contributed by atoms with Gasteiger partial charge >= 0.3 is 0 Å². The molecular weight excluding hydrogens is 222 g/mol. The Morgan fingerprint density at radius 2 is 1.94 bits per heavy atom. The van der Waals surface area contributed by atoms with Crippen LogP contribution in [0.15, 0.2) is 52.9 Å². The highest BCUT2D eigenvalue weighted by molar-refractivity contribution is 5.83. The van der Waals surface area contributed by atoms with Gasteiger partial charge in [0.2, 0.25) is 0 Å². The van der Waals surface area contributed by atoms with Crippen molar-refractivity contribution < 1.29 is 4.42 Å². The summed E-state index contributed by atoms with van der Waals surface area (Å²) in [5.74, 6) is 0.950. The maximum Gasteiger partial charge on any atom is 0.135 e. The van der Waals surface area contributed by atoms with E-state index >= 15 is 0 Å². The van der Waals surface area contributed by atoms with Crippen molar-refractivity contribution in [2.24, 2.45) is 0 Å². The highest BCUT2D eigenvalue weighted by Gasteiger charge is 2.12. The molecule has 0 saturated carbocycles. The molecule has 88 valence electrons. The lowest BCUT2D eigenvalue weighted by Gasteiger charge is -2.01. The number of furan rings is 1. The van der Waals surface area contributed by atoms with Crippen LogP contribution in [0.25, 0.3) is 22.3 Å². The Bertz CT molecular complexity index is 694. The summed E-state index contributed by atoms with van der Waals surface area (Å²) < 4.78 is 5.89. The molecule has 2 nitrogen and oxygen atoms in total. The van der Waals surface area contributed by atoms with Gasteiger partial charge in [0.25, 0.3) is 0 Å². The number of rotatable bonds is 1. The van der Waals surface area contributed by atoms with Crippen molar-refractivity contribution in [3.63, 3.8) is 0 Å². The molecule has 1 N–H and O–H groups in total. The van der Waals surface area contributed by atoms with E-state index in [0.717, 1.165) is 35.3 Å². The first-order valence-corrected chi connectivity index (χ1v) is 6.26. The second-order valence-electron chi connectivity index (χ2n) is 4.70. The summed E-state index contributed by atoms with van der Waals surface area (Å²) in [5.41, 5.74) is 4.75. The minimum Gasteiger partial charge on any atom is -0.456 e. The van der Waals surface area contributed by atoms with Crippen LogP contribution in [0.4, 0.5) is 5.69 Å². The predicted molar refractivity (Wildman–Crippen MR) is 73.8 cm³/mol. The third kappa shape index (κ3) is 1.42. The number of fused-ring (bicyclic) bond motifs is 2. The number of hydrogen-bond donors (Lipinski definition) is 1. The minimum absolute atomic E-state index is 0.950. The third-order valence-corrected chi connectivity index (χ3v) is 3.53. The first kappa shape index (κ1) is 9.77. The molecule has 0 atom stereocenters. The van der Waals surface area contributed by atoms with Crippen molar-refractivity contribution in [1.82, 2.24) is 0 Å². The van der Waals surface area contributed by atoms with Crippen molar-refractivity contribution in [2.75, 3.05) is 11.9 Å². The zero-order valence-corrected chi connectivity index (χ0v) is 9.94. The molecule has 0 amide bonds. The topological polar surface area (TPSA) is 25.2 Å². The molecule has 0 radical (unpaired) electrons. The van der Waals surface area contributed by atoms with Gasteiger partial charge in [-0.3, -0.25) is 0 Å². The van der Waals surface area contributed by atoms with Crippen LogP contribution in [0.1, 0.15) is 5.56 Å². The normalized spacial score (nSPS) is 13.6. The van der Waals surface area contributed by atoms with Gasteiger partial charge in [0.15, 0.2) is 0 Å². The summed E-state index contributed by atoms with van der Waals surface area (Å²) in [6, 6.07) is 16.7. The SMILES string of the molecule is c1ccc2oc(-c3ccc4c(c3)CCN4)cc2c1. The van der Waals surface area contributed by atoms with Gasteiger partial charge < -0.3 is 9.73 Å². The summed E-state index contributed by atoms with van der Waals surface area (Å²) in [6.45, 7) is 1.04. The van der Waals surface area contributed by atoms with E-state index < -0.39 is 0 Å². The number of hydrogen-bond acceptors (Lipinski definition) is 2. The molecular formula is C16H13NO. The van der Waals surface area contributed by atoms with Gasteiger partial charge in [-0.1, -0.05) is 18.2 Å². The van der Waals surface area contributed by atoms with E-state index in [0.29, 0.717) is 0 Å². The minimum atomic E-state index is 0.950. The summed E-state index contributed by atoms with van der Waals surface area (Å²) in [7, 11) is 0. The van der Waals surface area contributed by atoms with Gasteiger partial charge in [0.1, 0.15) is 11.3 Å². The number of benzene rings is 2. The Morgan fingerprint density at radius 3 is 2.89 bits per heavy atom. The van der Waals surface area contributed by atoms with Crippen LogP contribution in [-0.2, 0) is 6.42 Å². The van der Waals surface area contributed by atoms with Crippen molar-refractivity contribution in [2.45, 2.75) is 6.42 Å². The van der Waals surface area contributed by atoms with E-state index in [2.05, 4.69) is 35.6 Å². The molecule has 0 spiro atoms. The molecule has 0 fully saturated rings. The number of para-hydroxylation sites is 1. The molecule has 1 aliphatic rings. The van der Waals surface area contributed by atoms with Crippen LogP contribution in [0, 0.1) is 0 Å². The first-order valence-electron chi connectivity index (χ1n) is 6.26. The van der Waals surface area contributed by atoms with Crippen LogP contribution >= 0.6 is 0 Å². The van der Waals surface area contributed by atoms with Crippen LogP contribution in [0.5, 0.6) is 0 Å². The maximum atomic E-state index is 5.89. The molecule has 1 aromatic heterocycles. The second-order valence-corrected chi connectivity index (χ2v) is 4.70. The Balaban J connectivity index is 1.86. The van der Waals surface area contributed by atoms with Crippen molar-refractivity contribution >= 4 is 16.7 Å². The van der Waals surface area contributed by atoms with Gasteiger partial charge in [0, 0.05) is 23.2 Å². The average molecular weight is 235 g/mol. The smallest absolute Gasteiger partial charge is 0.135 e. The predicted octanol–water partition coefficient (Wildman–Crippen LogP) is 4.07. The first-order chi connectivity index (χ1) is 8.90. The maximum absolute atomic E-state index is 5.89. The fraction of sp³-hybridized carbons (Fsp3) is 0.125. The molecule has 4 rings (SSSR count). The Kier molecular flexibility index (Phi) is 1.97. The van der Waals surface area contributed by atoms with Gasteiger partial charge in [-0.05, 0) is 42.3 Å². The van der Waals surface area contributed by atoms with E-state index in [9.17, 15) is 0 Å². The fourth-order valence-electron chi connectivity index (χ4n) is 2.58. The molecule has 2 heterocycles. The molecule has 2 heteroatoms. The molecule has 0 bridgehead atoms. The summed E-state index contributed by atoms with van der Waals surface area (Å²) in [6.07, 6.45) is 1.10.